The van der Waals surface area contributed by atoms with Gasteiger partial charge in [0.2, 0.25) is 0 Å². The van der Waals surface area contributed by atoms with Crippen LogP contribution >= 0.6 is 0 Å². The van der Waals surface area contributed by atoms with Crippen molar-refractivity contribution in [3.8, 4) is 34.5 Å². The number of anilines is 2. The maximum absolute atomic E-state index is 12.8. The van der Waals surface area contributed by atoms with Gasteiger partial charge in [0, 0.05) is 23.3 Å². The molecule has 32 heavy (non-hydrogen) atoms. The number of aromatic hydroxyl groups is 2. The molecule has 4 aromatic rings. The van der Waals surface area contributed by atoms with Gasteiger partial charge in [-0.25, -0.2) is 0 Å². The second-order valence-corrected chi connectivity index (χ2v) is 7.02. The van der Waals surface area contributed by atoms with Gasteiger partial charge < -0.3 is 31.2 Å². The van der Waals surface area contributed by atoms with E-state index in [0.29, 0.717) is 34.1 Å². The highest BCUT2D eigenvalue weighted by molar-refractivity contribution is 6.09. The van der Waals surface area contributed by atoms with E-state index in [1.807, 2.05) is 0 Å². The summed E-state index contributed by atoms with van der Waals surface area (Å²) >= 11 is 0. The van der Waals surface area contributed by atoms with E-state index < -0.39 is 0 Å². The predicted molar refractivity (Wildman–Crippen MR) is 122 cm³/mol. The quantitative estimate of drug-likeness (QED) is 0.192. The van der Waals surface area contributed by atoms with E-state index in [0.717, 1.165) is 0 Å². The summed E-state index contributed by atoms with van der Waals surface area (Å²) in [7, 11) is 0. The lowest BCUT2D eigenvalue weighted by Gasteiger charge is -2.09. The summed E-state index contributed by atoms with van der Waals surface area (Å²) in [5.74, 6) is 1.62. The number of hydrogen-bond donors (Lipinski definition) is 4. The number of nitrogen functional groups attached to an aromatic ring is 2. The summed E-state index contributed by atoms with van der Waals surface area (Å²) in [5, 5.41) is 19.3. The molecule has 0 amide bonds. The van der Waals surface area contributed by atoms with Gasteiger partial charge in [0.05, 0.1) is 11.4 Å². The number of nitrogens with two attached hydrogens (primary N) is 2. The molecule has 0 spiro atoms. The molecule has 4 rings (SSSR count). The van der Waals surface area contributed by atoms with Crippen LogP contribution in [-0.2, 0) is 0 Å². The van der Waals surface area contributed by atoms with E-state index in [2.05, 4.69) is 0 Å². The molecule has 0 aromatic heterocycles. The molecule has 0 saturated heterocycles. The Balaban J connectivity index is 1.43. The number of ketones is 1. The van der Waals surface area contributed by atoms with Crippen LogP contribution in [0, 0.1) is 0 Å². The van der Waals surface area contributed by atoms with Crippen molar-refractivity contribution in [2.24, 2.45) is 0 Å². The molecule has 0 aliphatic carbocycles. The van der Waals surface area contributed by atoms with Crippen molar-refractivity contribution < 1.29 is 24.5 Å². The molecule has 0 aliphatic heterocycles. The van der Waals surface area contributed by atoms with Crippen LogP contribution in [0.15, 0.2) is 84.9 Å². The van der Waals surface area contributed by atoms with E-state index in [1.165, 1.54) is 12.1 Å². The van der Waals surface area contributed by atoms with Crippen LogP contribution in [0.5, 0.6) is 34.5 Å². The summed E-state index contributed by atoms with van der Waals surface area (Å²) in [4.78, 5) is 12.8. The van der Waals surface area contributed by atoms with Gasteiger partial charge >= 0.3 is 0 Å². The lowest BCUT2D eigenvalue weighted by Crippen LogP contribution is -2.01. The molecule has 0 atom stereocenters. The first kappa shape index (κ1) is 20.6. The maximum atomic E-state index is 12.8. The van der Waals surface area contributed by atoms with Gasteiger partial charge in [-0.2, -0.15) is 0 Å². The number of benzene rings is 4. The molecule has 0 heterocycles. The summed E-state index contributed by atoms with van der Waals surface area (Å²) in [6, 6.07) is 22.6. The van der Waals surface area contributed by atoms with E-state index in [-0.39, 0.29) is 28.7 Å². The lowest BCUT2D eigenvalue weighted by atomic mass is 10.0. The fraction of sp³-hybridized carbons (Fsp3) is 0. The fourth-order valence-electron chi connectivity index (χ4n) is 2.96. The third kappa shape index (κ3) is 4.57. The average molecular weight is 428 g/mol. The SMILES string of the molecule is Nc1ccc(Oc2ccc(C(=O)c3ccc(Oc4ccc(N)c(O)c4)cc3)cc2)cc1O. The molecule has 0 unspecified atom stereocenters. The normalized spacial score (nSPS) is 10.5. The molecule has 4 aromatic carbocycles. The van der Waals surface area contributed by atoms with Crippen molar-refractivity contribution in [1.29, 1.82) is 0 Å². The zero-order valence-electron chi connectivity index (χ0n) is 16.9. The minimum Gasteiger partial charge on any atom is -0.506 e. The molecule has 0 bridgehead atoms. The fourth-order valence-corrected chi connectivity index (χ4v) is 2.96. The largest absolute Gasteiger partial charge is 0.506 e. The molecule has 160 valence electrons. The maximum Gasteiger partial charge on any atom is 0.193 e. The molecule has 7 nitrogen and oxygen atoms in total. The van der Waals surface area contributed by atoms with Crippen molar-refractivity contribution in [3.05, 3.63) is 96.1 Å². The van der Waals surface area contributed by atoms with E-state index in [1.54, 1.807) is 72.8 Å². The van der Waals surface area contributed by atoms with Crippen molar-refractivity contribution in [1.82, 2.24) is 0 Å². The Labute approximate surface area is 184 Å². The van der Waals surface area contributed by atoms with Crippen LogP contribution < -0.4 is 20.9 Å². The third-order valence-electron chi connectivity index (χ3n) is 4.71. The Morgan fingerprint density at radius 1 is 0.562 bits per heavy atom. The number of phenolic OH excluding ortho intramolecular Hbond substituents is 2. The minimum absolute atomic E-state index is 0.0603. The van der Waals surface area contributed by atoms with Crippen LogP contribution in [0.1, 0.15) is 15.9 Å². The second-order valence-electron chi connectivity index (χ2n) is 7.02. The highest BCUT2D eigenvalue weighted by Gasteiger charge is 2.11. The molecule has 0 aliphatic rings. The van der Waals surface area contributed by atoms with Crippen molar-refractivity contribution >= 4 is 17.2 Å². The number of hydrogen-bond acceptors (Lipinski definition) is 7. The third-order valence-corrected chi connectivity index (χ3v) is 4.71. The summed E-state index contributed by atoms with van der Waals surface area (Å²) < 4.78 is 11.3. The van der Waals surface area contributed by atoms with Gasteiger partial charge in [-0.3, -0.25) is 4.79 Å². The molecule has 7 heteroatoms. The Morgan fingerprint density at radius 3 is 1.25 bits per heavy atom. The van der Waals surface area contributed by atoms with Crippen molar-refractivity contribution in [2.45, 2.75) is 0 Å². The highest BCUT2D eigenvalue weighted by atomic mass is 16.5. The molecule has 0 fully saturated rings. The van der Waals surface area contributed by atoms with Crippen LogP contribution in [0.2, 0.25) is 0 Å². The van der Waals surface area contributed by atoms with E-state index in [4.69, 9.17) is 20.9 Å². The molecule has 0 saturated carbocycles. The molecular formula is C25H20N2O5. The number of carbonyl (C=O) groups excluding carboxylic acids is 1. The first-order valence-electron chi connectivity index (χ1n) is 9.66. The monoisotopic (exact) mass is 428 g/mol. The smallest absolute Gasteiger partial charge is 0.193 e. The van der Waals surface area contributed by atoms with Gasteiger partial charge in [0.15, 0.2) is 5.78 Å². The zero-order chi connectivity index (χ0) is 22.7. The first-order chi connectivity index (χ1) is 15.4. The Morgan fingerprint density at radius 2 is 0.906 bits per heavy atom. The zero-order valence-corrected chi connectivity index (χ0v) is 16.9. The molecule has 0 radical (unpaired) electrons. The number of phenols is 2. The molecular weight excluding hydrogens is 408 g/mol. The van der Waals surface area contributed by atoms with Crippen LogP contribution in [0.3, 0.4) is 0 Å². The average Bonchev–Trinajstić information content (AvgIpc) is 2.79. The Kier molecular flexibility index (Phi) is 5.55. The topological polar surface area (TPSA) is 128 Å². The van der Waals surface area contributed by atoms with Gasteiger partial charge in [0.1, 0.15) is 34.5 Å². The van der Waals surface area contributed by atoms with Crippen LogP contribution in [-0.4, -0.2) is 16.0 Å². The summed E-state index contributed by atoms with van der Waals surface area (Å²) in [5.41, 5.74) is 12.7. The first-order valence-corrected chi connectivity index (χ1v) is 9.66. The minimum atomic E-state index is -0.154. The number of ether oxygens (including phenoxy) is 2. The standard InChI is InChI=1S/C25H20N2O5/c26-21-11-9-19(13-23(21)28)31-17-5-1-15(2-6-17)25(30)16-3-7-18(8-4-16)32-20-10-12-22(27)24(29)14-20/h1-14,28-29H,26-27H2. The predicted octanol–water partition coefficient (Wildman–Crippen LogP) is 5.08. The van der Waals surface area contributed by atoms with Gasteiger partial charge in [0.25, 0.3) is 0 Å². The van der Waals surface area contributed by atoms with Crippen molar-refractivity contribution in [3.63, 3.8) is 0 Å². The van der Waals surface area contributed by atoms with Crippen LogP contribution in [0.25, 0.3) is 0 Å². The number of rotatable bonds is 6. The highest BCUT2D eigenvalue weighted by Crippen LogP contribution is 2.30. The summed E-state index contributed by atoms with van der Waals surface area (Å²) in [6.07, 6.45) is 0. The van der Waals surface area contributed by atoms with E-state index >= 15 is 0 Å². The second kappa shape index (κ2) is 8.61. The van der Waals surface area contributed by atoms with Gasteiger partial charge in [-0.05, 0) is 72.8 Å². The van der Waals surface area contributed by atoms with Crippen molar-refractivity contribution in [2.75, 3.05) is 11.5 Å². The molecule has 6 N–H and O–H groups in total. The van der Waals surface area contributed by atoms with Crippen LogP contribution in [0.4, 0.5) is 11.4 Å². The Hall–Kier alpha value is -4.65. The number of carbonyl (C=O) groups is 1. The Bertz CT molecular complexity index is 1170. The van der Waals surface area contributed by atoms with E-state index in [9.17, 15) is 15.0 Å². The van der Waals surface area contributed by atoms with Gasteiger partial charge in [-0.15, -0.1) is 0 Å². The lowest BCUT2D eigenvalue weighted by molar-refractivity contribution is 0.103. The van der Waals surface area contributed by atoms with Gasteiger partial charge in [-0.1, -0.05) is 0 Å². The summed E-state index contributed by atoms with van der Waals surface area (Å²) in [6.45, 7) is 0.